The third-order valence-corrected chi connectivity index (χ3v) is 12.1. The largest absolute Gasteiger partial charge is 0.309 e. The molecule has 1 aromatic heterocycles. The fourth-order valence-electron chi connectivity index (χ4n) is 9.35. The van der Waals surface area contributed by atoms with Gasteiger partial charge in [-0.05, 0) is 128 Å². The molecule has 58 heavy (non-hydrogen) atoms. The average Bonchev–Trinajstić information content (AvgIpc) is 3.63. The maximum atomic E-state index is 2.45. The molecule has 0 N–H and O–H groups in total. The van der Waals surface area contributed by atoms with Gasteiger partial charge in [-0.25, -0.2) is 0 Å². The SMILES string of the molecule is c1ccc(-c2ccccc2N(c2ccc3cc4c(cc3c2)-c2cc3cc(-n5c6ccccc6c6ccccc65)ccc3cc2-4)c2ccccc2-c2ccccc2)cc1. The standard InChI is InChI=1S/C56H36N2/c1-3-15-37(16-4-1)45-19-7-11-23-53(45)57(54-24-12-8-20-46(54)38-17-5-2-6-18-38)43-29-27-39-33-49-50-34-40-28-30-44(32-42(40)36-52(50)51(49)35-41(39)31-43)58-55-25-13-9-21-47(55)48-22-10-14-26-56(48)58/h1-36H. The summed E-state index contributed by atoms with van der Waals surface area (Å²) in [5.41, 5.74) is 17.0. The third-order valence-electron chi connectivity index (χ3n) is 12.1. The maximum Gasteiger partial charge on any atom is 0.0541 e. The first-order valence-corrected chi connectivity index (χ1v) is 20.0. The van der Waals surface area contributed by atoms with Gasteiger partial charge in [0.05, 0.1) is 22.4 Å². The zero-order valence-electron chi connectivity index (χ0n) is 31.7. The minimum atomic E-state index is 1.12. The number of rotatable bonds is 6. The summed E-state index contributed by atoms with van der Waals surface area (Å²) in [6, 6.07) is 79.9. The Morgan fingerprint density at radius 1 is 0.293 bits per heavy atom. The number of aromatic nitrogens is 1. The van der Waals surface area contributed by atoms with Crippen molar-refractivity contribution in [2.45, 2.75) is 0 Å². The highest BCUT2D eigenvalue weighted by atomic mass is 15.1. The van der Waals surface area contributed by atoms with Crippen molar-refractivity contribution >= 4 is 60.4 Å². The van der Waals surface area contributed by atoms with Crippen molar-refractivity contribution < 1.29 is 0 Å². The van der Waals surface area contributed by atoms with Gasteiger partial charge in [0, 0.05) is 33.3 Å². The number of benzene rings is 10. The van der Waals surface area contributed by atoms with Gasteiger partial charge in [-0.2, -0.15) is 0 Å². The Kier molecular flexibility index (Phi) is 7.26. The summed E-state index contributed by atoms with van der Waals surface area (Å²) in [5.74, 6) is 0. The van der Waals surface area contributed by atoms with Crippen molar-refractivity contribution in [2.75, 3.05) is 4.90 Å². The molecule has 0 atom stereocenters. The van der Waals surface area contributed by atoms with Crippen molar-refractivity contribution in [3.8, 4) is 50.2 Å². The molecule has 0 saturated carbocycles. The molecule has 0 bridgehead atoms. The number of hydrogen-bond acceptors (Lipinski definition) is 1. The molecular weight excluding hydrogens is 701 g/mol. The van der Waals surface area contributed by atoms with Crippen LogP contribution in [0.5, 0.6) is 0 Å². The van der Waals surface area contributed by atoms with E-state index in [1.165, 1.54) is 93.5 Å². The Bertz CT molecular complexity index is 3260. The number of anilines is 3. The molecule has 12 rings (SSSR count). The molecule has 2 nitrogen and oxygen atoms in total. The molecule has 0 amide bonds. The molecule has 1 aliphatic carbocycles. The van der Waals surface area contributed by atoms with Gasteiger partial charge < -0.3 is 9.47 Å². The molecule has 0 saturated heterocycles. The van der Waals surface area contributed by atoms with Crippen molar-refractivity contribution in [3.63, 3.8) is 0 Å². The fourth-order valence-corrected chi connectivity index (χ4v) is 9.35. The Balaban J connectivity index is 1.00. The highest BCUT2D eigenvalue weighted by Crippen LogP contribution is 2.52. The first kappa shape index (κ1) is 32.6. The van der Waals surface area contributed by atoms with Gasteiger partial charge in [-0.15, -0.1) is 0 Å². The van der Waals surface area contributed by atoms with Crippen molar-refractivity contribution in [2.24, 2.45) is 0 Å². The van der Waals surface area contributed by atoms with Crippen LogP contribution in [0.25, 0.3) is 93.5 Å². The van der Waals surface area contributed by atoms with Crippen LogP contribution in [-0.4, -0.2) is 4.57 Å². The van der Waals surface area contributed by atoms with E-state index in [9.17, 15) is 0 Å². The lowest BCUT2D eigenvalue weighted by atomic mass is 9.78. The van der Waals surface area contributed by atoms with E-state index < -0.39 is 0 Å². The van der Waals surface area contributed by atoms with Gasteiger partial charge in [-0.1, -0.05) is 146 Å². The first-order valence-electron chi connectivity index (χ1n) is 20.0. The van der Waals surface area contributed by atoms with E-state index in [-0.39, 0.29) is 0 Å². The topological polar surface area (TPSA) is 8.17 Å². The van der Waals surface area contributed by atoms with Crippen LogP contribution in [0.15, 0.2) is 218 Å². The van der Waals surface area contributed by atoms with E-state index in [1.807, 2.05) is 0 Å². The molecule has 0 fully saturated rings. The predicted octanol–water partition coefficient (Wildman–Crippen LogP) is 15.5. The number of nitrogens with zero attached hydrogens (tertiary/aromatic N) is 2. The molecule has 2 heteroatoms. The van der Waals surface area contributed by atoms with E-state index in [2.05, 4.69) is 228 Å². The summed E-state index contributed by atoms with van der Waals surface area (Å²) in [4.78, 5) is 2.45. The van der Waals surface area contributed by atoms with E-state index in [0.29, 0.717) is 0 Å². The minimum absolute atomic E-state index is 1.12. The maximum absolute atomic E-state index is 2.45. The molecule has 270 valence electrons. The average molecular weight is 737 g/mol. The van der Waals surface area contributed by atoms with Crippen LogP contribution in [0.3, 0.4) is 0 Å². The quantitative estimate of drug-likeness (QED) is 0.165. The number of fused-ring (bicyclic) bond motifs is 9. The lowest BCUT2D eigenvalue weighted by Gasteiger charge is -2.30. The van der Waals surface area contributed by atoms with E-state index in [4.69, 9.17) is 0 Å². The summed E-state index contributed by atoms with van der Waals surface area (Å²) >= 11 is 0. The Hall–Kier alpha value is -7.68. The second kappa shape index (κ2) is 12.9. The van der Waals surface area contributed by atoms with Crippen LogP contribution >= 0.6 is 0 Å². The summed E-state index contributed by atoms with van der Waals surface area (Å²) < 4.78 is 2.41. The van der Waals surface area contributed by atoms with Crippen LogP contribution in [0, 0.1) is 0 Å². The Morgan fingerprint density at radius 2 is 0.724 bits per heavy atom. The molecule has 0 unspecified atom stereocenters. The molecule has 10 aromatic carbocycles. The number of para-hydroxylation sites is 4. The molecule has 0 radical (unpaired) electrons. The summed E-state index contributed by atoms with van der Waals surface area (Å²) in [6.07, 6.45) is 0. The number of hydrogen-bond donors (Lipinski definition) is 0. The van der Waals surface area contributed by atoms with E-state index >= 15 is 0 Å². The Morgan fingerprint density at radius 3 is 1.28 bits per heavy atom. The molecule has 1 aliphatic rings. The summed E-state index contributed by atoms with van der Waals surface area (Å²) in [5, 5.41) is 7.53. The normalized spacial score (nSPS) is 11.8. The van der Waals surface area contributed by atoms with Gasteiger partial charge in [0.1, 0.15) is 0 Å². The van der Waals surface area contributed by atoms with Gasteiger partial charge in [-0.3, -0.25) is 0 Å². The smallest absolute Gasteiger partial charge is 0.0541 e. The zero-order chi connectivity index (χ0) is 38.2. The molecule has 0 spiro atoms. The van der Waals surface area contributed by atoms with Crippen LogP contribution < -0.4 is 4.90 Å². The molecule has 11 aromatic rings. The lowest BCUT2D eigenvalue weighted by molar-refractivity contribution is 1.19. The first-order chi connectivity index (χ1) is 28.8. The summed E-state index contributed by atoms with van der Waals surface area (Å²) in [6.45, 7) is 0. The van der Waals surface area contributed by atoms with E-state index in [1.54, 1.807) is 0 Å². The third kappa shape index (κ3) is 5.05. The van der Waals surface area contributed by atoms with Crippen LogP contribution in [-0.2, 0) is 0 Å². The Labute approximate surface area is 337 Å². The van der Waals surface area contributed by atoms with Crippen molar-refractivity contribution in [1.29, 1.82) is 0 Å². The van der Waals surface area contributed by atoms with Gasteiger partial charge in [0.2, 0.25) is 0 Å². The predicted molar refractivity (Wildman–Crippen MR) is 246 cm³/mol. The van der Waals surface area contributed by atoms with Gasteiger partial charge in [0.15, 0.2) is 0 Å². The summed E-state index contributed by atoms with van der Waals surface area (Å²) in [7, 11) is 0. The molecule has 1 heterocycles. The fraction of sp³-hybridized carbons (Fsp3) is 0. The zero-order valence-corrected chi connectivity index (χ0v) is 31.7. The van der Waals surface area contributed by atoms with Crippen LogP contribution in [0.1, 0.15) is 0 Å². The monoisotopic (exact) mass is 736 g/mol. The second-order valence-corrected chi connectivity index (χ2v) is 15.3. The highest BCUT2D eigenvalue weighted by molar-refractivity contribution is 6.13. The van der Waals surface area contributed by atoms with Crippen LogP contribution in [0.2, 0.25) is 0 Å². The lowest BCUT2D eigenvalue weighted by Crippen LogP contribution is -2.12. The minimum Gasteiger partial charge on any atom is -0.309 e. The van der Waals surface area contributed by atoms with Crippen molar-refractivity contribution in [3.05, 3.63) is 218 Å². The second-order valence-electron chi connectivity index (χ2n) is 15.3. The highest BCUT2D eigenvalue weighted by Gasteiger charge is 2.25. The van der Waals surface area contributed by atoms with Gasteiger partial charge >= 0.3 is 0 Å². The van der Waals surface area contributed by atoms with Gasteiger partial charge in [0.25, 0.3) is 0 Å². The molecular formula is C56H36N2. The van der Waals surface area contributed by atoms with E-state index in [0.717, 1.165) is 17.1 Å². The van der Waals surface area contributed by atoms with Crippen LogP contribution in [0.4, 0.5) is 17.1 Å². The molecule has 0 aliphatic heterocycles. The van der Waals surface area contributed by atoms with Crippen molar-refractivity contribution in [1.82, 2.24) is 4.57 Å².